The van der Waals surface area contributed by atoms with Gasteiger partial charge in [0.05, 0.1) is 22.3 Å². The summed E-state index contributed by atoms with van der Waals surface area (Å²) in [4.78, 5) is 4.25. The lowest BCUT2D eigenvalue weighted by Crippen LogP contribution is -1.96. The number of pyridine rings is 1. The van der Waals surface area contributed by atoms with Crippen LogP contribution in [0.5, 0.6) is 5.75 Å². The monoisotopic (exact) mass is 280 g/mol. The third kappa shape index (κ3) is 1.80. The molecule has 0 spiro atoms. The normalized spacial score (nSPS) is 13.2. The Morgan fingerprint density at radius 3 is 2.89 bits per heavy atom. The van der Waals surface area contributed by atoms with Crippen molar-refractivity contribution in [3.63, 3.8) is 0 Å². The average molecular weight is 281 g/mol. The smallest absolute Gasteiger partial charge is 0.143 e. The Bertz CT molecular complexity index is 629. The summed E-state index contributed by atoms with van der Waals surface area (Å²) in [5, 5.41) is 0.829. The molecule has 0 saturated heterocycles. The van der Waals surface area contributed by atoms with Crippen molar-refractivity contribution in [3.8, 4) is 17.0 Å². The number of aromatic nitrogens is 1. The van der Waals surface area contributed by atoms with Gasteiger partial charge in [0, 0.05) is 12.0 Å². The van der Waals surface area contributed by atoms with Gasteiger partial charge < -0.3 is 10.5 Å². The lowest BCUT2D eigenvalue weighted by molar-refractivity contribution is 0.358. The molecule has 92 valence electrons. The second-order valence-corrected chi connectivity index (χ2v) is 4.89. The number of hydrogen-bond donors (Lipinski definition) is 1. The predicted octanol–water partition coefficient (Wildman–Crippen LogP) is 3.57. The molecule has 18 heavy (non-hydrogen) atoms. The van der Waals surface area contributed by atoms with Gasteiger partial charge >= 0.3 is 0 Å². The molecule has 2 heterocycles. The van der Waals surface area contributed by atoms with E-state index in [0.29, 0.717) is 22.3 Å². The maximum atomic E-state index is 6.18. The molecule has 1 aliphatic rings. The number of para-hydroxylation sites is 1. The molecule has 1 aromatic carbocycles. The molecule has 0 amide bonds. The maximum Gasteiger partial charge on any atom is 0.143 e. The van der Waals surface area contributed by atoms with Crippen LogP contribution >= 0.6 is 23.2 Å². The Kier molecular flexibility index (Phi) is 2.80. The topological polar surface area (TPSA) is 48.1 Å². The third-order valence-electron chi connectivity index (χ3n) is 2.93. The number of hydrogen-bond acceptors (Lipinski definition) is 3. The van der Waals surface area contributed by atoms with Gasteiger partial charge in [0.15, 0.2) is 0 Å². The van der Waals surface area contributed by atoms with Gasteiger partial charge in [-0.1, -0.05) is 35.3 Å². The van der Waals surface area contributed by atoms with Crippen molar-refractivity contribution in [1.29, 1.82) is 0 Å². The van der Waals surface area contributed by atoms with E-state index in [1.165, 1.54) is 5.56 Å². The zero-order valence-electron chi connectivity index (χ0n) is 9.41. The molecule has 0 fully saturated rings. The van der Waals surface area contributed by atoms with Crippen molar-refractivity contribution in [2.24, 2.45) is 0 Å². The molecule has 2 aromatic rings. The number of halogens is 2. The highest BCUT2D eigenvalue weighted by molar-refractivity contribution is 6.37. The minimum Gasteiger partial charge on any atom is -0.492 e. The van der Waals surface area contributed by atoms with E-state index in [4.69, 9.17) is 33.7 Å². The summed E-state index contributed by atoms with van der Waals surface area (Å²) in [6, 6.07) is 7.53. The number of nitrogens with zero attached hydrogens (tertiary/aromatic N) is 1. The summed E-state index contributed by atoms with van der Waals surface area (Å²) in [5.41, 5.74) is 8.36. The van der Waals surface area contributed by atoms with Gasteiger partial charge in [0.25, 0.3) is 0 Å². The van der Waals surface area contributed by atoms with Crippen molar-refractivity contribution in [1.82, 2.24) is 4.98 Å². The van der Waals surface area contributed by atoms with Crippen LogP contribution in [0.2, 0.25) is 10.0 Å². The van der Waals surface area contributed by atoms with E-state index < -0.39 is 0 Å². The second kappa shape index (κ2) is 4.34. The molecular formula is C13H10Cl2N2O. The fraction of sp³-hybridized carbons (Fsp3) is 0.154. The lowest BCUT2D eigenvalue weighted by atomic mass is 10.1. The third-order valence-corrected chi connectivity index (χ3v) is 3.52. The maximum absolute atomic E-state index is 6.18. The molecule has 0 radical (unpaired) electrons. The van der Waals surface area contributed by atoms with Crippen LogP contribution in [-0.2, 0) is 6.42 Å². The number of benzene rings is 1. The number of fused-ring (bicyclic) bond motifs is 1. The summed E-state index contributed by atoms with van der Waals surface area (Å²) >= 11 is 12.1. The van der Waals surface area contributed by atoms with Gasteiger partial charge in [-0.2, -0.15) is 0 Å². The molecule has 0 bridgehead atoms. The Balaban J connectivity index is 2.22. The van der Waals surface area contributed by atoms with Crippen molar-refractivity contribution >= 4 is 29.0 Å². The first kappa shape index (κ1) is 11.6. The van der Waals surface area contributed by atoms with E-state index in [2.05, 4.69) is 4.98 Å². The van der Waals surface area contributed by atoms with Crippen LogP contribution in [0.15, 0.2) is 24.3 Å². The predicted molar refractivity (Wildman–Crippen MR) is 73.3 cm³/mol. The highest BCUT2D eigenvalue weighted by Gasteiger charge is 2.20. The molecule has 0 atom stereocenters. The van der Waals surface area contributed by atoms with Crippen LogP contribution in [0.25, 0.3) is 11.3 Å². The van der Waals surface area contributed by atoms with Gasteiger partial charge in [-0.3, -0.25) is 0 Å². The van der Waals surface area contributed by atoms with E-state index >= 15 is 0 Å². The van der Waals surface area contributed by atoms with E-state index in [1.807, 2.05) is 18.2 Å². The number of rotatable bonds is 1. The summed E-state index contributed by atoms with van der Waals surface area (Å²) in [7, 11) is 0. The number of nitrogen functional groups attached to an aromatic ring is 1. The quantitative estimate of drug-likeness (QED) is 0.869. The van der Waals surface area contributed by atoms with Gasteiger partial charge in [-0.05, 0) is 17.7 Å². The largest absolute Gasteiger partial charge is 0.492 e. The highest BCUT2D eigenvalue weighted by Crippen LogP contribution is 2.40. The van der Waals surface area contributed by atoms with Crippen LogP contribution in [0.4, 0.5) is 5.82 Å². The zero-order chi connectivity index (χ0) is 12.7. The molecular weight excluding hydrogens is 271 g/mol. The minimum atomic E-state index is 0.270. The van der Waals surface area contributed by atoms with Crippen molar-refractivity contribution in [2.45, 2.75) is 6.42 Å². The average Bonchev–Trinajstić information content (AvgIpc) is 2.82. The summed E-state index contributed by atoms with van der Waals surface area (Å²) in [6.07, 6.45) is 0.907. The van der Waals surface area contributed by atoms with Crippen molar-refractivity contribution in [2.75, 3.05) is 12.3 Å². The summed E-state index contributed by atoms with van der Waals surface area (Å²) in [5.74, 6) is 1.11. The molecule has 1 aliphatic heterocycles. The van der Waals surface area contributed by atoms with E-state index in [-0.39, 0.29) is 5.82 Å². The number of nitrogens with two attached hydrogens (primary N) is 1. The van der Waals surface area contributed by atoms with Gasteiger partial charge in [-0.15, -0.1) is 0 Å². The fourth-order valence-corrected chi connectivity index (χ4v) is 2.53. The highest BCUT2D eigenvalue weighted by atomic mass is 35.5. The van der Waals surface area contributed by atoms with E-state index in [1.54, 1.807) is 6.07 Å². The Morgan fingerprint density at radius 2 is 2.06 bits per heavy atom. The van der Waals surface area contributed by atoms with Crippen molar-refractivity contribution < 1.29 is 4.74 Å². The molecule has 2 N–H and O–H groups in total. The first-order valence-electron chi connectivity index (χ1n) is 5.53. The van der Waals surface area contributed by atoms with E-state index in [9.17, 15) is 0 Å². The van der Waals surface area contributed by atoms with Gasteiger partial charge in [0.2, 0.25) is 0 Å². The second-order valence-electron chi connectivity index (χ2n) is 4.08. The fourth-order valence-electron chi connectivity index (χ4n) is 2.07. The first-order valence-corrected chi connectivity index (χ1v) is 6.29. The van der Waals surface area contributed by atoms with Crippen LogP contribution in [0.1, 0.15) is 5.56 Å². The van der Waals surface area contributed by atoms with Gasteiger partial charge in [-0.25, -0.2) is 4.98 Å². The minimum absolute atomic E-state index is 0.270. The molecule has 5 heteroatoms. The SMILES string of the molecule is Nc1nc(-c2cccc3c2OCC3)c(Cl)cc1Cl. The van der Waals surface area contributed by atoms with Crippen LogP contribution < -0.4 is 10.5 Å². The van der Waals surface area contributed by atoms with Crippen molar-refractivity contribution in [3.05, 3.63) is 39.9 Å². The lowest BCUT2D eigenvalue weighted by Gasteiger charge is -2.10. The molecule has 0 saturated carbocycles. The Morgan fingerprint density at radius 1 is 1.22 bits per heavy atom. The number of anilines is 1. The Labute approximate surface area is 114 Å². The molecule has 3 rings (SSSR count). The summed E-state index contributed by atoms with van der Waals surface area (Å²) < 4.78 is 5.64. The molecule has 0 aliphatic carbocycles. The summed E-state index contributed by atoms with van der Waals surface area (Å²) in [6.45, 7) is 0.688. The first-order chi connectivity index (χ1) is 8.66. The molecule has 1 aromatic heterocycles. The van der Waals surface area contributed by atoms with Crippen LogP contribution in [0, 0.1) is 0 Å². The van der Waals surface area contributed by atoms with Crippen LogP contribution in [-0.4, -0.2) is 11.6 Å². The van der Waals surface area contributed by atoms with Gasteiger partial charge in [0.1, 0.15) is 11.6 Å². The van der Waals surface area contributed by atoms with Crippen LogP contribution in [0.3, 0.4) is 0 Å². The zero-order valence-corrected chi connectivity index (χ0v) is 10.9. The molecule has 3 nitrogen and oxygen atoms in total. The number of ether oxygens (including phenoxy) is 1. The standard InChI is InChI=1S/C13H10Cl2N2O/c14-9-6-10(15)13(16)17-11(9)8-3-1-2-7-4-5-18-12(7)8/h1-3,6H,4-5H2,(H2,16,17). The molecule has 0 unspecified atom stereocenters. The van der Waals surface area contributed by atoms with E-state index in [0.717, 1.165) is 17.7 Å². The Hall–Kier alpha value is -1.45.